The molecule has 0 saturated heterocycles. The third-order valence-corrected chi connectivity index (χ3v) is 2.38. The van der Waals surface area contributed by atoms with Gasteiger partial charge in [0, 0.05) is 19.3 Å². The first-order chi connectivity index (χ1) is 8.34. The van der Waals surface area contributed by atoms with E-state index in [0.717, 1.165) is 6.54 Å². The molecule has 0 aromatic heterocycles. The number of hydrogen-bond acceptors (Lipinski definition) is 4. The van der Waals surface area contributed by atoms with E-state index in [2.05, 4.69) is 17.0 Å². The molecular formula is C13H21NO3. The minimum absolute atomic E-state index is 0.0662. The molecule has 0 saturated carbocycles. The smallest absolute Gasteiger partial charge is 0.0701 e. The highest BCUT2D eigenvalue weighted by Gasteiger charge is 1.98. The molecule has 0 radical (unpaired) electrons. The van der Waals surface area contributed by atoms with Gasteiger partial charge >= 0.3 is 0 Å². The highest BCUT2D eigenvalue weighted by Crippen LogP contribution is 2.09. The second kappa shape index (κ2) is 8.98. The van der Waals surface area contributed by atoms with Crippen LogP contribution in [0.25, 0.3) is 0 Å². The zero-order valence-corrected chi connectivity index (χ0v) is 10.3. The fourth-order valence-electron chi connectivity index (χ4n) is 1.40. The number of benzene rings is 1. The highest BCUT2D eigenvalue weighted by molar-refractivity contribution is 5.44. The van der Waals surface area contributed by atoms with Gasteiger partial charge in [-0.1, -0.05) is 18.2 Å². The van der Waals surface area contributed by atoms with Crippen LogP contribution in [0.4, 0.5) is 5.69 Å². The van der Waals surface area contributed by atoms with Crippen LogP contribution in [0.15, 0.2) is 30.3 Å². The van der Waals surface area contributed by atoms with Crippen molar-refractivity contribution >= 4 is 5.69 Å². The quantitative estimate of drug-likeness (QED) is 0.656. The molecule has 0 fully saturated rings. The number of ether oxygens (including phenoxy) is 2. The van der Waals surface area contributed by atoms with Crippen LogP contribution >= 0.6 is 0 Å². The summed E-state index contributed by atoms with van der Waals surface area (Å²) in [6, 6.07) is 10.2. The topological polar surface area (TPSA) is 41.9 Å². The lowest BCUT2D eigenvalue weighted by Crippen LogP contribution is -2.23. The Kier molecular flexibility index (Phi) is 7.38. The van der Waals surface area contributed by atoms with Crippen molar-refractivity contribution in [1.82, 2.24) is 0 Å². The van der Waals surface area contributed by atoms with Crippen molar-refractivity contribution in [2.45, 2.75) is 0 Å². The van der Waals surface area contributed by atoms with Gasteiger partial charge in [0.1, 0.15) is 0 Å². The Morgan fingerprint density at radius 1 is 1.00 bits per heavy atom. The van der Waals surface area contributed by atoms with Gasteiger partial charge in [-0.15, -0.1) is 0 Å². The Hall–Kier alpha value is -1.10. The fraction of sp³-hybridized carbons (Fsp3) is 0.538. The van der Waals surface area contributed by atoms with Crippen LogP contribution in [0.2, 0.25) is 0 Å². The molecule has 1 rings (SSSR count). The van der Waals surface area contributed by atoms with Crippen LogP contribution in [0.3, 0.4) is 0 Å². The average molecular weight is 239 g/mol. The molecule has 17 heavy (non-hydrogen) atoms. The Balaban J connectivity index is 2.03. The molecule has 0 aliphatic carbocycles. The van der Waals surface area contributed by atoms with Crippen molar-refractivity contribution in [1.29, 1.82) is 0 Å². The van der Waals surface area contributed by atoms with Gasteiger partial charge in [0.15, 0.2) is 0 Å². The number of likely N-dealkylation sites (N-methyl/N-ethyl adjacent to an activating group) is 1. The first-order valence-electron chi connectivity index (χ1n) is 5.87. The van der Waals surface area contributed by atoms with Crippen LogP contribution in [-0.4, -0.2) is 51.7 Å². The molecule has 0 aliphatic rings. The maximum atomic E-state index is 8.50. The summed E-state index contributed by atoms with van der Waals surface area (Å²) < 4.78 is 10.5. The highest BCUT2D eigenvalue weighted by atomic mass is 16.5. The van der Waals surface area contributed by atoms with Gasteiger partial charge in [-0.05, 0) is 12.1 Å². The maximum Gasteiger partial charge on any atom is 0.0701 e. The van der Waals surface area contributed by atoms with E-state index in [-0.39, 0.29) is 6.61 Å². The Bertz CT molecular complexity index is 279. The molecule has 1 aromatic rings. The Morgan fingerprint density at radius 2 is 1.65 bits per heavy atom. The third-order valence-electron chi connectivity index (χ3n) is 2.38. The Morgan fingerprint density at radius 3 is 2.29 bits per heavy atom. The molecule has 0 unspecified atom stereocenters. The zero-order valence-electron chi connectivity index (χ0n) is 10.3. The fourth-order valence-corrected chi connectivity index (χ4v) is 1.40. The molecule has 4 nitrogen and oxygen atoms in total. The number of rotatable bonds is 9. The molecule has 1 N–H and O–H groups in total. The van der Waals surface area contributed by atoms with Crippen LogP contribution in [-0.2, 0) is 9.47 Å². The van der Waals surface area contributed by atoms with E-state index >= 15 is 0 Å². The number of para-hydroxylation sites is 1. The summed E-state index contributed by atoms with van der Waals surface area (Å²) in [6.07, 6.45) is 0. The van der Waals surface area contributed by atoms with Gasteiger partial charge in [0.05, 0.1) is 33.0 Å². The normalized spacial score (nSPS) is 10.5. The van der Waals surface area contributed by atoms with E-state index < -0.39 is 0 Å². The molecular weight excluding hydrogens is 218 g/mol. The largest absolute Gasteiger partial charge is 0.394 e. The van der Waals surface area contributed by atoms with Crippen LogP contribution in [0, 0.1) is 0 Å². The minimum atomic E-state index is 0.0662. The summed E-state index contributed by atoms with van der Waals surface area (Å²) in [5, 5.41) is 8.50. The lowest BCUT2D eigenvalue weighted by Gasteiger charge is -2.18. The lowest BCUT2D eigenvalue weighted by molar-refractivity contribution is 0.0353. The predicted molar refractivity (Wildman–Crippen MR) is 68.4 cm³/mol. The summed E-state index contributed by atoms with van der Waals surface area (Å²) in [5.41, 5.74) is 1.19. The van der Waals surface area contributed by atoms with Crippen molar-refractivity contribution < 1.29 is 14.6 Å². The molecule has 0 spiro atoms. The van der Waals surface area contributed by atoms with Gasteiger partial charge in [0.2, 0.25) is 0 Å². The van der Waals surface area contributed by atoms with E-state index in [4.69, 9.17) is 14.6 Å². The van der Waals surface area contributed by atoms with Gasteiger partial charge in [-0.2, -0.15) is 0 Å². The van der Waals surface area contributed by atoms with Crippen LogP contribution in [0.1, 0.15) is 0 Å². The molecule has 0 bridgehead atoms. The van der Waals surface area contributed by atoms with Crippen LogP contribution in [0.5, 0.6) is 0 Å². The van der Waals surface area contributed by atoms with Crippen LogP contribution < -0.4 is 4.90 Å². The van der Waals surface area contributed by atoms with Crippen molar-refractivity contribution in [2.24, 2.45) is 0 Å². The van der Waals surface area contributed by atoms with E-state index in [1.807, 2.05) is 25.2 Å². The van der Waals surface area contributed by atoms with E-state index in [1.165, 1.54) is 5.69 Å². The van der Waals surface area contributed by atoms with E-state index in [1.54, 1.807) is 0 Å². The first-order valence-corrected chi connectivity index (χ1v) is 5.87. The van der Waals surface area contributed by atoms with E-state index in [0.29, 0.717) is 26.4 Å². The summed E-state index contributed by atoms with van der Waals surface area (Å²) in [7, 11) is 2.04. The first kappa shape index (κ1) is 14.0. The molecule has 0 atom stereocenters. The molecule has 0 heterocycles. The van der Waals surface area contributed by atoms with Crippen molar-refractivity contribution in [3.05, 3.63) is 30.3 Å². The number of hydrogen-bond donors (Lipinski definition) is 1. The molecule has 0 aliphatic heterocycles. The lowest BCUT2D eigenvalue weighted by atomic mass is 10.3. The summed E-state index contributed by atoms with van der Waals surface area (Å²) in [4.78, 5) is 2.15. The molecule has 4 heteroatoms. The number of aliphatic hydroxyl groups excluding tert-OH is 1. The summed E-state index contributed by atoms with van der Waals surface area (Å²) >= 11 is 0. The summed E-state index contributed by atoms with van der Waals surface area (Å²) in [5.74, 6) is 0. The second-order valence-corrected chi connectivity index (χ2v) is 3.71. The number of aliphatic hydroxyl groups is 1. The SMILES string of the molecule is CN(CCOCCOCCO)c1ccccc1. The Labute approximate surface area is 103 Å². The van der Waals surface area contributed by atoms with Crippen molar-refractivity contribution in [3.8, 4) is 0 Å². The monoisotopic (exact) mass is 239 g/mol. The third kappa shape index (κ3) is 6.26. The molecule has 0 amide bonds. The van der Waals surface area contributed by atoms with Gasteiger partial charge in [-0.3, -0.25) is 0 Å². The predicted octanol–water partition coefficient (Wildman–Crippen LogP) is 1.15. The average Bonchev–Trinajstić information content (AvgIpc) is 2.38. The maximum absolute atomic E-state index is 8.50. The van der Waals surface area contributed by atoms with Gasteiger partial charge in [0.25, 0.3) is 0 Å². The summed E-state index contributed by atoms with van der Waals surface area (Å²) in [6.45, 7) is 3.08. The molecule has 96 valence electrons. The van der Waals surface area contributed by atoms with E-state index in [9.17, 15) is 0 Å². The standard InChI is InChI=1S/C13H21NO3/c1-14(13-5-3-2-4-6-13)7-9-16-11-12-17-10-8-15/h2-6,15H,7-12H2,1H3. The van der Waals surface area contributed by atoms with Gasteiger partial charge in [-0.25, -0.2) is 0 Å². The molecule has 1 aromatic carbocycles. The van der Waals surface area contributed by atoms with Crippen molar-refractivity contribution in [2.75, 3.05) is 51.5 Å². The van der Waals surface area contributed by atoms with Crippen molar-refractivity contribution in [3.63, 3.8) is 0 Å². The minimum Gasteiger partial charge on any atom is -0.394 e. The zero-order chi connectivity index (χ0) is 12.3. The number of nitrogens with zero attached hydrogens (tertiary/aromatic N) is 1. The second-order valence-electron chi connectivity index (χ2n) is 3.71. The van der Waals surface area contributed by atoms with Gasteiger partial charge < -0.3 is 19.5 Å². The number of anilines is 1.